The van der Waals surface area contributed by atoms with Crippen LogP contribution < -0.4 is 0 Å². The average molecular weight is 118 g/mol. The van der Waals surface area contributed by atoms with Crippen molar-refractivity contribution in [3.8, 4) is 0 Å². The fourth-order valence-corrected chi connectivity index (χ4v) is 1.11. The van der Waals surface area contributed by atoms with Gasteiger partial charge >= 0.3 is 0 Å². The third kappa shape index (κ3) is 1.44. The summed E-state index contributed by atoms with van der Waals surface area (Å²) >= 11 is 0. The molecule has 0 spiro atoms. The fraction of sp³-hybridized carbons (Fsp3) is 1.00. The highest BCUT2D eigenvalue weighted by molar-refractivity contribution is 4.70. The van der Waals surface area contributed by atoms with Crippen LogP contribution in [0.4, 0.5) is 4.39 Å². The molecule has 0 bridgehead atoms. The first-order chi connectivity index (χ1) is 3.79. The van der Waals surface area contributed by atoms with Crippen LogP contribution in [-0.2, 0) is 0 Å². The van der Waals surface area contributed by atoms with E-state index in [1.54, 1.807) is 0 Å². The lowest BCUT2D eigenvalue weighted by Crippen LogP contribution is -2.19. The second kappa shape index (κ2) is 2.44. The van der Waals surface area contributed by atoms with Crippen LogP contribution in [0.5, 0.6) is 0 Å². The Kier molecular flexibility index (Phi) is 1.84. The van der Waals surface area contributed by atoms with Crippen LogP contribution in [-0.4, -0.2) is 17.4 Å². The maximum atomic E-state index is 12.3. The molecule has 1 saturated carbocycles. The number of alkyl halides is 1. The van der Waals surface area contributed by atoms with Gasteiger partial charge in [-0.25, -0.2) is 4.39 Å². The third-order valence-electron chi connectivity index (χ3n) is 1.58. The van der Waals surface area contributed by atoms with E-state index in [2.05, 4.69) is 0 Å². The summed E-state index contributed by atoms with van der Waals surface area (Å²) in [4.78, 5) is 0. The summed E-state index contributed by atoms with van der Waals surface area (Å²) in [5.41, 5.74) is 0. The van der Waals surface area contributed by atoms with Gasteiger partial charge in [-0.15, -0.1) is 0 Å². The SMILES string of the molecule is O[C@@H]1CCC[C@@H](F)C1. The van der Waals surface area contributed by atoms with Crippen LogP contribution in [0.3, 0.4) is 0 Å². The lowest BCUT2D eigenvalue weighted by Gasteiger charge is -2.19. The quantitative estimate of drug-likeness (QED) is 0.507. The van der Waals surface area contributed by atoms with E-state index in [9.17, 15) is 4.39 Å². The molecule has 0 amide bonds. The molecular formula is C6H11FO. The van der Waals surface area contributed by atoms with E-state index in [1.807, 2.05) is 0 Å². The van der Waals surface area contributed by atoms with Crippen LogP contribution >= 0.6 is 0 Å². The van der Waals surface area contributed by atoms with Gasteiger partial charge in [-0.2, -0.15) is 0 Å². The Bertz CT molecular complexity index is 66.9. The van der Waals surface area contributed by atoms with Crippen molar-refractivity contribution < 1.29 is 9.50 Å². The van der Waals surface area contributed by atoms with E-state index in [1.165, 1.54) is 0 Å². The van der Waals surface area contributed by atoms with E-state index in [0.29, 0.717) is 12.8 Å². The minimum Gasteiger partial charge on any atom is -0.393 e. The second-order valence-corrected chi connectivity index (χ2v) is 2.42. The molecule has 1 aliphatic carbocycles. The smallest absolute Gasteiger partial charge is 0.103 e. The monoisotopic (exact) mass is 118 g/mol. The minimum atomic E-state index is -0.737. The summed E-state index contributed by atoms with van der Waals surface area (Å²) in [6.07, 6.45) is 1.55. The Morgan fingerprint density at radius 2 is 2.12 bits per heavy atom. The van der Waals surface area contributed by atoms with E-state index in [0.717, 1.165) is 12.8 Å². The summed E-state index contributed by atoms with van der Waals surface area (Å²) < 4.78 is 12.3. The zero-order valence-electron chi connectivity index (χ0n) is 4.81. The van der Waals surface area contributed by atoms with Gasteiger partial charge in [0.15, 0.2) is 0 Å². The molecule has 0 aromatic rings. The van der Waals surface area contributed by atoms with Crippen LogP contribution in [0.1, 0.15) is 25.7 Å². The van der Waals surface area contributed by atoms with Crippen molar-refractivity contribution in [1.82, 2.24) is 0 Å². The van der Waals surface area contributed by atoms with Gasteiger partial charge in [-0.3, -0.25) is 0 Å². The number of rotatable bonds is 0. The first-order valence-corrected chi connectivity index (χ1v) is 3.11. The largest absolute Gasteiger partial charge is 0.393 e. The van der Waals surface area contributed by atoms with E-state index in [-0.39, 0.29) is 6.10 Å². The van der Waals surface area contributed by atoms with Crippen molar-refractivity contribution in [3.05, 3.63) is 0 Å². The minimum absolute atomic E-state index is 0.361. The molecule has 1 rings (SSSR count). The molecule has 2 heteroatoms. The summed E-state index contributed by atoms with van der Waals surface area (Å²) in [6.45, 7) is 0. The third-order valence-corrected chi connectivity index (χ3v) is 1.58. The molecule has 0 aliphatic heterocycles. The van der Waals surface area contributed by atoms with Crippen molar-refractivity contribution in [1.29, 1.82) is 0 Å². The van der Waals surface area contributed by atoms with Gasteiger partial charge in [0, 0.05) is 6.42 Å². The van der Waals surface area contributed by atoms with Crippen LogP contribution in [0, 0.1) is 0 Å². The van der Waals surface area contributed by atoms with E-state index >= 15 is 0 Å². The molecule has 2 atom stereocenters. The summed E-state index contributed by atoms with van der Waals surface area (Å²) in [7, 11) is 0. The standard InChI is InChI=1S/C6H11FO/c7-5-2-1-3-6(8)4-5/h5-6,8H,1-4H2/t5-,6-/m1/s1. The molecule has 0 aromatic carbocycles. The highest BCUT2D eigenvalue weighted by Gasteiger charge is 2.18. The Hall–Kier alpha value is -0.110. The number of aliphatic hydroxyl groups is 1. The zero-order chi connectivity index (χ0) is 5.98. The fourth-order valence-electron chi connectivity index (χ4n) is 1.11. The van der Waals surface area contributed by atoms with Crippen molar-refractivity contribution in [3.63, 3.8) is 0 Å². The molecule has 48 valence electrons. The van der Waals surface area contributed by atoms with Crippen molar-refractivity contribution in [2.24, 2.45) is 0 Å². The predicted molar refractivity (Wildman–Crippen MR) is 29.4 cm³/mol. The summed E-state index contributed by atoms with van der Waals surface area (Å²) in [6, 6.07) is 0. The van der Waals surface area contributed by atoms with E-state index in [4.69, 9.17) is 5.11 Å². The Labute approximate surface area is 48.5 Å². The number of aliphatic hydroxyl groups excluding tert-OH is 1. The Balaban J connectivity index is 2.23. The molecule has 1 fully saturated rings. The van der Waals surface area contributed by atoms with Crippen LogP contribution in [0.2, 0.25) is 0 Å². The molecule has 0 aromatic heterocycles. The molecular weight excluding hydrogens is 107 g/mol. The first kappa shape index (κ1) is 6.02. The van der Waals surface area contributed by atoms with Crippen molar-refractivity contribution >= 4 is 0 Å². The highest BCUT2D eigenvalue weighted by atomic mass is 19.1. The number of hydrogen-bond acceptors (Lipinski definition) is 1. The number of halogens is 1. The molecule has 1 nitrogen and oxygen atoms in total. The lowest BCUT2D eigenvalue weighted by molar-refractivity contribution is 0.0839. The molecule has 1 aliphatic rings. The average Bonchev–Trinajstić information content (AvgIpc) is 1.64. The molecule has 1 N–H and O–H groups in total. The van der Waals surface area contributed by atoms with E-state index < -0.39 is 6.17 Å². The predicted octanol–water partition coefficient (Wildman–Crippen LogP) is 1.26. The van der Waals surface area contributed by atoms with Gasteiger partial charge < -0.3 is 5.11 Å². The van der Waals surface area contributed by atoms with Gasteiger partial charge in [0.25, 0.3) is 0 Å². The maximum absolute atomic E-state index is 12.3. The Morgan fingerprint density at radius 3 is 2.50 bits per heavy atom. The van der Waals surface area contributed by atoms with Crippen LogP contribution in [0.15, 0.2) is 0 Å². The molecule has 0 unspecified atom stereocenters. The first-order valence-electron chi connectivity index (χ1n) is 3.11. The molecule has 0 saturated heterocycles. The molecule has 8 heavy (non-hydrogen) atoms. The summed E-state index contributed by atoms with van der Waals surface area (Å²) in [5, 5.41) is 8.84. The van der Waals surface area contributed by atoms with Gasteiger partial charge in [-0.05, 0) is 19.3 Å². The normalized spacial score (nSPS) is 39.8. The molecule has 0 radical (unpaired) electrons. The van der Waals surface area contributed by atoms with Gasteiger partial charge in [-0.1, -0.05) is 0 Å². The van der Waals surface area contributed by atoms with Gasteiger partial charge in [0.1, 0.15) is 6.17 Å². The topological polar surface area (TPSA) is 20.2 Å². The highest BCUT2D eigenvalue weighted by Crippen LogP contribution is 2.20. The van der Waals surface area contributed by atoms with Crippen molar-refractivity contribution in [2.75, 3.05) is 0 Å². The number of hydrogen-bond donors (Lipinski definition) is 1. The maximum Gasteiger partial charge on any atom is 0.103 e. The molecule has 0 heterocycles. The van der Waals surface area contributed by atoms with Gasteiger partial charge in [0.05, 0.1) is 6.10 Å². The Morgan fingerprint density at radius 1 is 1.38 bits per heavy atom. The summed E-state index contributed by atoms with van der Waals surface area (Å²) in [5.74, 6) is 0. The lowest BCUT2D eigenvalue weighted by atomic mass is 9.96. The zero-order valence-corrected chi connectivity index (χ0v) is 4.81. The second-order valence-electron chi connectivity index (χ2n) is 2.42. The van der Waals surface area contributed by atoms with Crippen molar-refractivity contribution in [2.45, 2.75) is 38.0 Å². The van der Waals surface area contributed by atoms with Gasteiger partial charge in [0.2, 0.25) is 0 Å². The van der Waals surface area contributed by atoms with Crippen LogP contribution in [0.25, 0.3) is 0 Å².